The summed E-state index contributed by atoms with van der Waals surface area (Å²) in [4.78, 5) is 2.48. The SMILES string of the molecule is c1ccc(-c2cc3ccccc3c3ccccc23)c(-c2ccccc2N(c2ccc3c(ccc4ccccc43)c2)c2ccc3sc4cc5ccccc5cc4c3c2)c1. The van der Waals surface area contributed by atoms with E-state index in [1.807, 2.05) is 11.3 Å². The predicted molar refractivity (Wildman–Crippen MR) is 252 cm³/mol. The van der Waals surface area contributed by atoms with E-state index in [4.69, 9.17) is 0 Å². The average molecular weight is 754 g/mol. The van der Waals surface area contributed by atoms with Crippen LogP contribution < -0.4 is 4.90 Å². The third-order valence-electron chi connectivity index (χ3n) is 12.0. The molecule has 0 saturated carbocycles. The Kier molecular flexibility index (Phi) is 7.47. The number of hydrogen-bond donors (Lipinski definition) is 0. The monoisotopic (exact) mass is 753 g/mol. The number of fused-ring (bicyclic) bond motifs is 10. The summed E-state index contributed by atoms with van der Waals surface area (Å²) in [6.45, 7) is 0. The number of thiophene rings is 1. The second-order valence-corrected chi connectivity index (χ2v) is 16.3. The van der Waals surface area contributed by atoms with Crippen molar-refractivity contribution in [2.45, 2.75) is 0 Å². The van der Waals surface area contributed by atoms with Crippen LogP contribution in [0.1, 0.15) is 0 Å². The number of benzene rings is 11. The topological polar surface area (TPSA) is 3.24 Å². The van der Waals surface area contributed by atoms with Gasteiger partial charge in [0.25, 0.3) is 0 Å². The molecular weight excluding hydrogens is 719 g/mol. The van der Waals surface area contributed by atoms with Crippen LogP contribution in [0.5, 0.6) is 0 Å². The normalized spacial score (nSPS) is 11.8. The van der Waals surface area contributed by atoms with Crippen molar-refractivity contribution in [3.63, 3.8) is 0 Å². The fourth-order valence-electron chi connectivity index (χ4n) is 9.28. The van der Waals surface area contributed by atoms with Crippen molar-refractivity contribution in [1.29, 1.82) is 0 Å². The smallest absolute Gasteiger partial charge is 0.0540 e. The van der Waals surface area contributed by atoms with Crippen LogP contribution in [0.2, 0.25) is 0 Å². The Morgan fingerprint density at radius 3 is 1.59 bits per heavy atom. The fourth-order valence-corrected chi connectivity index (χ4v) is 10.4. The average Bonchev–Trinajstić information content (AvgIpc) is 3.64. The summed E-state index contributed by atoms with van der Waals surface area (Å²) in [5.41, 5.74) is 8.20. The first kappa shape index (κ1) is 32.9. The Hall–Kier alpha value is -7.26. The van der Waals surface area contributed by atoms with Crippen LogP contribution in [-0.2, 0) is 0 Å². The molecule has 0 fully saturated rings. The Balaban J connectivity index is 1.11. The number of rotatable bonds is 5. The molecule has 1 nitrogen and oxygen atoms in total. The van der Waals surface area contributed by atoms with Gasteiger partial charge in [0.2, 0.25) is 0 Å². The molecule has 0 aliphatic carbocycles. The summed E-state index contributed by atoms with van der Waals surface area (Å²) in [5.74, 6) is 0. The lowest BCUT2D eigenvalue weighted by molar-refractivity contribution is 1.30. The Labute approximate surface area is 340 Å². The van der Waals surface area contributed by atoms with Crippen molar-refractivity contribution in [1.82, 2.24) is 0 Å². The van der Waals surface area contributed by atoms with Gasteiger partial charge in [0.05, 0.1) is 5.69 Å². The van der Waals surface area contributed by atoms with Crippen LogP contribution in [0.3, 0.4) is 0 Å². The zero-order valence-corrected chi connectivity index (χ0v) is 32.4. The van der Waals surface area contributed by atoms with E-state index in [2.05, 4.69) is 217 Å². The molecule has 0 spiro atoms. The first-order chi connectivity index (χ1) is 28.7. The molecule has 1 heterocycles. The highest BCUT2D eigenvalue weighted by molar-refractivity contribution is 7.25. The largest absolute Gasteiger partial charge is 0.310 e. The van der Waals surface area contributed by atoms with Gasteiger partial charge in [0.15, 0.2) is 0 Å². The number of hydrogen-bond acceptors (Lipinski definition) is 2. The van der Waals surface area contributed by atoms with E-state index in [0.717, 1.165) is 17.1 Å². The van der Waals surface area contributed by atoms with Crippen molar-refractivity contribution < 1.29 is 0 Å². The zero-order valence-electron chi connectivity index (χ0n) is 31.6. The summed E-state index contributed by atoms with van der Waals surface area (Å²) >= 11 is 1.87. The maximum atomic E-state index is 2.48. The van der Waals surface area contributed by atoms with Gasteiger partial charge in [-0.3, -0.25) is 0 Å². The molecule has 0 N–H and O–H groups in total. The van der Waals surface area contributed by atoms with E-state index in [0.29, 0.717) is 0 Å². The van der Waals surface area contributed by atoms with Crippen LogP contribution in [0.25, 0.3) is 96.3 Å². The highest BCUT2D eigenvalue weighted by Crippen LogP contribution is 2.48. The van der Waals surface area contributed by atoms with Crippen LogP contribution in [0.15, 0.2) is 212 Å². The van der Waals surface area contributed by atoms with Crippen LogP contribution >= 0.6 is 11.3 Å². The minimum Gasteiger partial charge on any atom is -0.310 e. The summed E-state index contributed by atoms with van der Waals surface area (Å²) in [5, 5.41) is 15.2. The summed E-state index contributed by atoms with van der Waals surface area (Å²) in [6.07, 6.45) is 0. The van der Waals surface area contributed by atoms with E-state index < -0.39 is 0 Å². The lowest BCUT2D eigenvalue weighted by Crippen LogP contribution is -2.11. The van der Waals surface area contributed by atoms with Gasteiger partial charge < -0.3 is 4.90 Å². The predicted octanol–water partition coefficient (Wildman–Crippen LogP) is 16.6. The molecule has 12 rings (SSSR count). The third-order valence-corrected chi connectivity index (χ3v) is 13.1. The molecule has 0 unspecified atom stereocenters. The molecule has 0 aliphatic rings. The minimum absolute atomic E-state index is 1.12. The third kappa shape index (κ3) is 5.23. The molecule has 270 valence electrons. The Bertz CT molecular complexity index is 3590. The molecule has 0 bridgehead atoms. The maximum absolute atomic E-state index is 2.48. The van der Waals surface area contributed by atoms with E-state index in [1.54, 1.807) is 0 Å². The lowest BCUT2D eigenvalue weighted by Gasteiger charge is -2.29. The molecule has 2 heteroatoms. The van der Waals surface area contributed by atoms with Gasteiger partial charge in [-0.2, -0.15) is 0 Å². The highest BCUT2D eigenvalue weighted by atomic mass is 32.1. The molecule has 0 amide bonds. The molecular formula is C56H35NS. The number of anilines is 3. The van der Waals surface area contributed by atoms with E-state index >= 15 is 0 Å². The van der Waals surface area contributed by atoms with E-state index in [1.165, 1.54) is 96.3 Å². The van der Waals surface area contributed by atoms with Gasteiger partial charge in [-0.1, -0.05) is 158 Å². The molecule has 12 aromatic rings. The standard InChI is InChI=1S/C56H35NS/c1-2-15-38-34-56-52(32-37(38)14-1)53-35-42(28-30-55(53)58-56)57(41-27-29-45-40(31-41)26-25-36-13-3-5-17-43(36)45)54-24-12-11-23-50(54)47-20-8-10-22-49(47)51-33-39-16-4-6-18-44(39)46-19-7-9-21-48(46)51/h1-35H. The van der Waals surface area contributed by atoms with Gasteiger partial charge in [0.1, 0.15) is 0 Å². The maximum Gasteiger partial charge on any atom is 0.0540 e. The van der Waals surface area contributed by atoms with E-state index in [9.17, 15) is 0 Å². The minimum atomic E-state index is 1.12. The molecule has 0 saturated heterocycles. The second-order valence-electron chi connectivity index (χ2n) is 15.3. The molecule has 58 heavy (non-hydrogen) atoms. The fraction of sp³-hybridized carbons (Fsp3) is 0. The van der Waals surface area contributed by atoms with E-state index in [-0.39, 0.29) is 0 Å². The quantitative estimate of drug-likeness (QED) is 0.158. The van der Waals surface area contributed by atoms with Crippen molar-refractivity contribution in [3.8, 4) is 22.3 Å². The molecule has 1 aromatic heterocycles. The number of nitrogens with zero attached hydrogens (tertiary/aromatic N) is 1. The molecule has 0 radical (unpaired) electrons. The Morgan fingerprint density at radius 1 is 0.259 bits per heavy atom. The molecule has 0 aliphatic heterocycles. The summed E-state index contributed by atoms with van der Waals surface area (Å²) in [6, 6.07) is 78.5. The first-order valence-electron chi connectivity index (χ1n) is 19.9. The van der Waals surface area contributed by atoms with Gasteiger partial charge in [0, 0.05) is 37.1 Å². The first-order valence-corrected chi connectivity index (χ1v) is 20.7. The zero-order chi connectivity index (χ0) is 38.2. The van der Waals surface area contributed by atoms with Crippen LogP contribution in [-0.4, -0.2) is 0 Å². The van der Waals surface area contributed by atoms with Crippen LogP contribution in [0, 0.1) is 0 Å². The van der Waals surface area contributed by atoms with Gasteiger partial charge in [-0.25, -0.2) is 0 Å². The van der Waals surface area contributed by atoms with Crippen molar-refractivity contribution in [3.05, 3.63) is 212 Å². The molecule has 11 aromatic carbocycles. The highest BCUT2D eigenvalue weighted by Gasteiger charge is 2.22. The second kappa shape index (κ2) is 13.2. The van der Waals surface area contributed by atoms with Crippen molar-refractivity contribution in [2.75, 3.05) is 4.90 Å². The Morgan fingerprint density at radius 2 is 0.776 bits per heavy atom. The summed E-state index contributed by atoms with van der Waals surface area (Å²) < 4.78 is 2.60. The van der Waals surface area contributed by atoms with Crippen LogP contribution in [0.4, 0.5) is 17.1 Å². The van der Waals surface area contributed by atoms with Gasteiger partial charge in [-0.05, 0) is 125 Å². The molecule has 0 atom stereocenters. The van der Waals surface area contributed by atoms with Crippen molar-refractivity contribution in [2.24, 2.45) is 0 Å². The number of para-hydroxylation sites is 1. The van der Waals surface area contributed by atoms with Crippen molar-refractivity contribution >= 4 is 102 Å². The van der Waals surface area contributed by atoms with Gasteiger partial charge in [-0.15, -0.1) is 11.3 Å². The lowest BCUT2D eigenvalue weighted by atomic mass is 9.88. The summed E-state index contributed by atoms with van der Waals surface area (Å²) in [7, 11) is 0. The van der Waals surface area contributed by atoms with Gasteiger partial charge >= 0.3 is 0 Å².